The van der Waals surface area contributed by atoms with E-state index in [1.54, 1.807) is 6.20 Å². The predicted octanol–water partition coefficient (Wildman–Crippen LogP) is 2.18. The Kier molecular flexibility index (Phi) is 2.55. The Morgan fingerprint density at radius 3 is 2.56 bits per heavy atom. The van der Waals surface area contributed by atoms with Crippen molar-refractivity contribution in [3.8, 4) is 0 Å². The molecule has 0 atom stereocenters. The van der Waals surface area contributed by atoms with Crippen LogP contribution in [0.4, 0.5) is 0 Å². The van der Waals surface area contributed by atoms with Crippen LogP contribution in [0.2, 0.25) is 0 Å². The number of ether oxygens (including phenoxy) is 1. The zero-order valence-corrected chi connectivity index (χ0v) is 9.63. The van der Waals surface area contributed by atoms with Crippen molar-refractivity contribution in [1.29, 1.82) is 0 Å². The van der Waals surface area contributed by atoms with Crippen molar-refractivity contribution in [1.82, 2.24) is 4.98 Å². The smallest absolute Gasteiger partial charge is 0.314 e. The lowest BCUT2D eigenvalue weighted by Gasteiger charge is -2.21. The summed E-state index contributed by atoms with van der Waals surface area (Å²) in [5.74, 6) is -0.999. The van der Waals surface area contributed by atoms with E-state index in [0.717, 1.165) is 16.5 Å². The first-order chi connectivity index (χ1) is 8.74. The normalized spacial score (nSPS) is 16.9. The minimum absolute atomic E-state index is 0.105. The van der Waals surface area contributed by atoms with Gasteiger partial charge in [-0.3, -0.25) is 14.6 Å². The zero-order valence-electron chi connectivity index (χ0n) is 9.63. The molecule has 2 aromatic rings. The fraction of sp³-hybridized carbons (Fsp3) is 0.214. The van der Waals surface area contributed by atoms with Gasteiger partial charge in [0.15, 0.2) is 0 Å². The Labute approximate surface area is 104 Å². The third kappa shape index (κ3) is 1.86. The molecule has 0 unspecified atom stereocenters. The van der Waals surface area contributed by atoms with E-state index in [2.05, 4.69) is 9.72 Å². The number of rotatable bonds is 1. The second-order valence-corrected chi connectivity index (χ2v) is 4.37. The van der Waals surface area contributed by atoms with E-state index < -0.39 is 11.9 Å². The highest BCUT2D eigenvalue weighted by Gasteiger charge is 2.29. The van der Waals surface area contributed by atoms with Gasteiger partial charge in [0, 0.05) is 17.5 Å². The van der Waals surface area contributed by atoms with Crippen LogP contribution in [0.1, 0.15) is 24.3 Å². The van der Waals surface area contributed by atoms with Gasteiger partial charge in [-0.05, 0) is 17.7 Å². The topological polar surface area (TPSA) is 56.3 Å². The van der Waals surface area contributed by atoms with Gasteiger partial charge in [0.25, 0.3) is 0 Å². The molecule has 0 bridgehead atoms. The van der Waals surface area contributed by atoms with Gasteiger partial charge in [-0.25, -0.2) is 0 Å². The summed E-state index contributed by atoms with van der Waals surface area (Å²) >= 11 is 0. The minimum Gasteiger partial charge on any atom is -0.393 e. The molecule has 1 aromatic heterocycles. The van der Waals surface area contributed by atoms with E-state index in [-0.39, 0.29) is 18.8 Å². The van der Waals surface area contributed by atoms with Crippen LogP contribution in [0.5, 0.6) is 0 Å². The molecule has 1 aromatic carbocycles. The van der Waals surface area contributed by atoms with Gasteiger partial charge in [0.05, 0.1) is 18.4 Å². The summed E-state index contributed by atoms with van der Waals surface area (Å²) in [6, 6.07) is 9.60. The zero-order chi connectivity index (χ0) is 12.5. The fourth-order valence-corrected chi connectivity index (χ4v) is 2.38. The van der Waals surface area contributed by atoms with E-state index in [9.17, 15) is 9.59 Å². The number of aromatic nitrogens is 1. The highest BCUT2D eigenvalue weighted by molar-refractivity contribution is 5.91. The molecule has 2 heterocycles. The van der Waals surface area contributed by atoms with Gasteiger partial charge >= 0.3 is 11.9 Å². The maximum Gasteiger partial charge on any atom is 0.314 e. The first-order valence-electron chi connectivity index (χ1n) is 5.81. The molecule has 0 radical (unpaired) electrons. The number of esters is 2. The Bertz CT molecular complexity index is 614. The van der Waals surface area contributed by atoms with Gasteiger partial charge in [-0.1, -0.05) is 18.2 Å². The highest BCUT2D eigenvalue weighted by atomic mass is 16.6. The van der Waals surface area contributed by atoms with Gasteiger partial charge < -0.3 is 4.74 Å². The molecule has 4 heteroatoms. The van der Waals surface area contributed by atoms with E-state index in [4.69, 9.17) is 0 Å². The summed E-state index contributed by atoms with van der Waals surface area (Å²) in [6.45, 7) is 0. The third-order valence-electron chi connectivity index (χ3n) is 3.18. The molecule has 0 spiro atoms. The maximum atomic E-state index is 11.3. The number of hydrogen-bond acceptors (Lipinski definition) is 4. The minimum atomic E-state index is -0.447. The van der Waals surface area contributed by atoms with E-state index in [0.29, 0.717) is 0 Å². The van der Waals surface area contributed by atoms with Crippen LogP contribution < -0.4 is 0 Å². The van der Waals surface area contributed by atoms with Crippen LogP contribution in [-0.2, 0) is 14.3 Å². The Hall–Kier alpha value is -2.23. The average Bonchev–Trinajstić information content (AvgIpc) is 2.37. The van der Waals surface area contributed by atoms with E-state index >= 15 is 0 Å². The maximum absolute atomic E-state index is 11.3. The number of nitrogens with zero attached hydrogens (tertiary/aromatic N) is 1. The van der Waals surface area contributed by atoms with Crippen molar-refractivity contribution in [2.45, 2.75) is 18.8 Å². The van der Waals surface area contributed by atoms with Gasteiger partial charge in [0.2, 0.25) is 0 Å². The van der Waals surface area contributed by atoms with Gasteiger partial charge in [-0.2, -0.15) is 0 Å². The number of cyclic esters (lactones) is 2. The first-order valence-corrected chi connectivity index (χ1v) is 5.81. The molecular formula is C14H11NO3. The van der Waals surface area contributed by atoms with E-state index in [1.807, 2.05) is 30.3 Å². The molecule has 1 saturated heterocycles. The quantitative estimate of drug-likeness (QED) is 0.567. The fourth-order valence-electron chi connectivity index (χ4n) is 2.38. The molecule has 0 N–H and O–H groups in total. The van der Waals surface area contributed by atoms with Crippen molar-refractivity contribution in [3.05, 3.63) is 42.1 Å². The summed E-state index contributed by atoms with van der Waals surface area (Å²) in [5.41, 5.74) is 1.87. The van der Waals surface area contributed by atoms with Crippen LogP contribution >= 0.6 is 0 Å². The molecular weight excluding hydrogens is 230 g/mol. The highest BCUT2D eigenvalue weighted by Crippen LogP contribution is 2.32. The number of carbonyl (C=O) groups is 2. The lowest BCUT2D eigenvalue weighted by atomic mass is 9.89. The standard InChI is InChI=1S/C14H11NO3/c16-13-7-9(8-14(17)18-13)10-5-6-15-12-4-2-1-3-11(10)12/h1-6,9H,7-8H2. The Morgan fingerprint density at radius 2 is 1.78 bits per heavy atom. The molecule has 0 amide bonds. The number of hydrogen-bond donors (Lipinski definition) is 0. The summed E-state index contributed by atoms with van der Waals surface area (Å²) in [6.07, 6.45) is 2.21. The van der Waals surface area contributed by atoms with E-state index in [1.165, 1.54) is 0 Å². The van der Waals surface area contributed by atoms with Gasteiger partial charge in [0.1, 0.15) is 0 Å². The van der Waals surface area contributed by atoms with Crippen LogP contribution in [0, 0.1) is 0 Å². The molecule has 4 nitrogen and oxygen atoms in total. The molecule has 1 aliphatic heterocycles. The molecule has 1 aliphatic rings. The Morgan fingerprint density at radius 1 is 1.06 bits per heavy atom. The van der Waals surface area contributed by atoms with Crippen LogP contribution in [0.15, 0.2) is 36.5 Å². The number of para-hydroxylation sites is 1. The number of carbonyl (C=O) groups excluding carboxylic acids is 2. The van der Waals surface area contributed by atoms with Crippen LogP contribution in [-0.4, -0.2) is 16.9 Å². The van der Waals surface area contributed by atoms with Crippen molar-refractivity contribution < 1.29 is 14.3 Å². The summed E-state index contributed by atoms with van der Waals surface area (Å²) in [7, 11) is 0. The monoisotopic (exact) mass is 241 g/mol. The molecule has 0 saturated carbocycles. The third-order valence-corrected chi connectivity index (χ3v) is 3.18. The number of pyridine rings is 1. The van der Waals surface area contributed by atoms with Crippen LogP contribution in [0.3, 0.4) is 0 Å². The largest absolute Gasteiger partial charge is 0.393 e. The second-order valence-electron chi connectivity index (χ2n) is 4.37. The summed E-state index contributed by atoms with van der Waals surface area (Å²) < 4.78 is 4.56. The number of fused-ring (bicyclic) bond motifs is 1. The average molecular weight is 241 g/mol. The summed E-state index contributed by atoms with van der Waals surface area (Å²) in [4.78, 5) is 26.9. The molecule has 1 fully saturated rings. The SMILES string of the molecule is O=C1CC(c2ccnc3ccccc23)CC(=O)O1. The van der Waals surface area contributed by atoms with Crippen molar-refractivity contribution in [3.63, 3.8) is 0 Å². The predicted molar refractivity (Wildman–Crippen MR) is 64.8 cm³/mol. The molecule has 3 rings (SSSR count). The lowest BCUT2D eigenvalue weighted by molar-refractivity contribution is -0.163. The molecule has 90 valence electrons. The van der Waals surface area contributed by atoms with Crippen molar-refractivity contribution >= 4 is 22.8 Å². The van der Waals surface area contributed by atoms with Gasteiger partial charge in [-0.15, -0.1) is 0 Å². The van der Waals surface area contributed by atoms with Crippen LogP contribution in [0.25, 0.3) is 10.9 Å². The molecule has 18 heavy (non-hydrogen) atoms. The lowest BCUT2D eigenvalue weighted by Crippen LogP contribution is -2.24. The summed E-state index contributed by atoms with van der Waals surface area (Å²) in [5, 5.41) is 0.993. The Balaban J connectivity index is 2.08. The first kappa shape index (κ1) is 10.9. The van der Waals surface area contributed by atoms with Crippen molar-refractivity contribution in [2.75, 3.05) is 0 Å². The number of benzene rings is 1. The second kappa shape index (κ2) is 4.22. The van der Waals surface area contributed by atoms with Crippen molar-refractivity contribution in [2.24, 2.45) is 0 Å². The molecule has 0 aliphatic carbocycles.